The highest BCUT2D eigenvalue weighted by atomic mass is 19.3. The molecule has 2 aromatic rings. The topological polar surface area (TPSA) is 58.6 Å². The fourth-order valence-corrected chi connectivity index (χ4v) is 2.82. The summed E-state index contributed by atoms with van der Waals surface area (Å²) in [4.78, 5) is 26.2. The van der Waals surface area contributed by atoms with Crippen LogP contribution in [0, 0.1) is 12.8 Å². The van der Waals surface area contributed by atoms with Gasteiger partial charge in [0.15, 0.2) is 0 Å². The fourth-order valence-electron chi connectivity index (χ4n) is 2.82. The van der Waals surface area contributed by atoms with Gasteiger partial charge in [0.05, 0.1) is 5.92 Å². The SMILES string of the molecule is Cc1ccc(N2CC(C(=O)Nc3ccc(OC(F)F)cc3)CC2=O)cc1. The van der Waals surface area contributed by atoms with Gasteiger partial charge in [0, 0.05) is 24.3 Å². The van der Waals surface area contributed by atoms with Gasteiger partial charge in [0.25, 0.3) is 0 Å². The van der Waals surface area contributed by atoms with Crippen LogP contribution in [-0.2, 0) is 9.59 Å². The van der Waals surface area contributed by atoms with Crippen molar-refractivity contribution in [2.45, 2.75) is 20.0 Å². The minimum Gasteiger partial charge on any atom is -0.435 e. The molecule has 1 unspecified atom stereocenters. The second-order valence-electron chi connectivity index (χ2n) is 6.13. The number of nitrogens with zero attached hydrogens (tertiary/aromatic N) is 1. The normalized spacial score (nSPS) is 16.8. The van der Waals surface area contributed by atoms with Crippen LogP contribution in [0.5, 0.6) is 5.75 Å². The third-order valence-corrected chi connectivity index (χ3v) is 4.19. The summed E-state index contributed by atoms with van der Waals surface area (Å²) >= 11 is 0. The number of benzene rings is 2. The van der Waals surface area contributed by atoms with E-state index in [0.717, 1.165) is 11.3 Å². The van der Waals surface area contributed by atoms with E-state index in [1.165, 1.54) is 24.3 Å². The summed E-state index contributed by atoms with van der Waals surface area (Å²) in [6.07, 6.45) is 0.131. The molecule has 0 spiro atoms. The molecule has 1 aliphatic heterocycles. The number of rotatable bonds is 5. The van der Waals surface area contributed by atoms with Crippen molar-refractivity contribution in [2.24, 2.45) is 5.92 Å². The van der Waals surface area contributed by atoms with Crippen molar-refractivity contribution in [3.63, 3.8) is 0 Å². The number of hydrogen-bond acceptors (Lipinski definition) is 3. The molecule has 7 heteroatoms. The maximum absolute atomic E-state index is 12.4. The fraction of sp³-hybridized carbons (Fsp3) is 0.263. The van der Waals surface area contributed by atoms with Crippen molar-refractivity contribution >= 4 is 23.2 Å². The first-order chi connectivity index (χ1) is 12.4. The van der Waals surface area contributed by atoms with Crippen molar-refractivity contribution in [2.75, 3.05) is 16.8 Å². The van der Waals surface area contributed by atoms with Crippen molar-refractivity contribution in [1.82, 2.24) is 0 Å². The zero-order chi connectivity index (χ0) is 18.7. The Bertz CT molecular complexity index is 791. The summed E-state index contributed by atoms with van der Waals surface area (Å²) in [6, 6.07) is 13.2. The highest BCUT2D eigenvalue weighted by Gasteiger charge is 2.35. The van der Waals surface area contributed by atoms with Gasteiger partial charge in [0.1, 0.15) is 5.75 Å². The minimum atomic E-state index is -2.90. The molecule has 0 aromatic heterocycles. The molecule has 0 bridgehead atoms. The zero-order valence-corrected chi connectivity index (χ0v) is 14.1. The van der Waals surface area contributed by atoms with E-state index in [9.17, 15) is 18.4 Å². The van der Waals surface area contributed by atoms with E-state index < -0.39 is 12.5 Å². The van der Waals surface area contributed by atoms with E-state index in [4.69, 9.17) is 0 Å². The molecule has 1 fully saturated rings. The van der Waals surface area contributed by atoms with E-state index in [2.05, 4.69) is 10.1 Å². The van der Waals surface area contributed by atoms with Crippen molar-refractivity contribution in [3.05, 3.63) is 54.1 Å². The summed E-state index contributed by atoms with van der Waals surface area (Å²) < 4.78 is 28.5. The molecule has 5 nitrogen and oxygen atoms in total. The van der Waals surface area contributed by atoms with E-state index in [-0.39, 0.29) is 24.0 Å². The van der Waals surface area contributed by atoms with Gasteiger partial charge in [0.2, 0.25) is 11.8 Å². The van der Waals surface area contributed by atoms with Gasteiger partial charge < -0.3 is 15.0 Å². The van der Waals surface area contributed by atoms with E-state index in [1.54, 1.807) is 4.90 Å². The van der Waals surface area contributed by atoms with Gasteiger partial charge in [-0.1, -0.05) is 17.7 Å². The third-order valence-electron chi connectivity index (χ3n) is 4.19. The quantitative estimate of drug-likeness (QED) is 0.887. The lowest BCUT2D eigenvalue weighted by molar-refractivity contribution is -0.122. The minimum absolute atomic E-state index is 0.0135. The number of nitrogens with one attached hydrogen (secondary N) is 1. The summed E-state index contributed by atoms with van der Waals surface area (Å²) in [5, 5.41) is 2.71. The second-order valence-corrected chi connectivity index (χ2v) is 6.13. The maximum Gasteiger partial charge on any atom is 0.387 e. The smallest absolute Gasteiger partial charge is 0.387 e. The first-order valence-corrected chi connectivity index (χ1v) is 8.15. The Kier molecular flexibility index (Phi) is 5.16. The number of alkyl halides is 2. The molecule has 1 atom stereocenters. The molecule has 26 heavy (non-hydrogen) atoms. The van der Waals surface area contributed by atoms with Crippen LogP contribution in [0.25, 0.3) is 0 Å². The number of hydrogen-bond donors (Lipinski definition) is 1. The Hall–Kier alpha value is -2.96. The van der Waals surface area contributed by atoms with Gasteiger partial charge in [-0.3, -0.25) is 9.59 Å². The molecule has 0 saturated carbocycles. The zero-order valence-electron chi connectivity index (χ0n) is 14.1. The summed E-state index contributed by atoms with van der Waals surface area (Å²) in [5.41, 5.74) is 2.32. The summed E-state index contributed by atoms with van der Waals surface area (Å²) in [5.74, 6) is -0.842. The van der Waals surface area contributed by atoms with E-state index >= 15 is 0 Å². The molecule has 1 N–H and O–H groups in total. The molecule has 2 aromatic carbocycles. The average Bonchev–Trinajstić information content (AvgIpc) is 2.99. The first-order valence-electron chi connectivity index (χ1n) is 8.15. The maximum atomic E-state index is 12.4. The van der Waals surface area contributed by atoms with Crippen molar-refractivity contribution in [3.8, 4) is 5.75 Å². The highest BCUT2D eigenvalue weighted by Crippen LogP contribution is 2.26. The molecule has 1 heterocycles. The molecule has 136 valence electrons. The third kappa shape index (κ3) is 4.17. The van der Waals surface area contributed by atoms with Gasteiger partial charge >= 0.3 is 6.61 Å². The Morgan fingerprint density at radius 2 is 1.81 bits per heavy atom. The molecule has 0 aliphatic carbocycles. The largest absolute Gasteiger partial charge is 0.435 e. The average molecular weight is 360 g/mol. The Morgan fingerprint density at radius 1 is 1.15 bits per heavy atom. The van der Waals surface area contributed by atoms with Crippen LogP contribution in [0.4, 0.5) is 20.2 Å². The lowest BCUT2D eigenvalue weighted by Crippen LogP contribution is -2.28. The lowest BCUT2D eigenvalue weighted by Gasteiger charge is -2.17. The number of amides is 2. The van der Waals surface area contributed by atoms with Crippen LogP contribution in [-0.4, -0.2) is 25.0 Å². The number of carbonyl (C=O) groups is 2. The number of carbonyl (C=O) groups excluding carboxylic acids is 2. The van der Waals surface area contributed by atoms with Gasteiger partial charge in [-0.05, 0) is 43.3 Å². The van der Waals surface area contributed by atoms with Crippen LogP contribution in [0.15, 0.2) is 48.5 Å². The molecule has 3 rings (SSSR count). The standard InChI is InChI=1S/C19H18F2N2O3/c1-12-2-6-15(7-3-12)23-11-13(10-17(23)24)18(25)22-14-4-8-16(9-5-14)26-19(20)21/h2-9,13,19H,10-11H2,1H3,(H,22,25). The van der Waals surface area contributed by atoms with Gasteiger partial charge in [-0.2, -0.15) is 8.78 Å². The van der Waals surface area contributed by atoms with E-state index in [1.807, 2.05) is 31.2 Å². The van der Waals surface area contributed by atoms with Crippen LogP contribution in [0.3, 0.4) is 0 Å². The lowest BCUT2D eigenvalue weighted by atomic mass is 10.1. The summed E-state index contributed by atoms with van der Waals surface area (Å²) in [6.45, 7) is -0.628. The van der Waals surface area contributed by atoms with Crippen LogP contribution in [0.2, 0.25) is 0 Å². The number of anilines is 2. The molecule has 1 saturated heterocycles. The molecular weight excluding hydrogens is 342 g/mol. The monoisotopic (exact) mass is 360 g/mol. The molecule has 1 aliphatic rings. The predicted molar refractivity (Wildman–Crippen MR) is 93.3 cm³/mol. The van der Waals surface area contributed by atoms with Crippen LogP contribution < -0.4 is 15.0 Å². The van der Waals surface area contributed by atoms with Crippen LogP contribution >= 0.6 is 0 Å². The summed E-state index contributed by atoms with van der Waals surface area (Å²) in [7, 11) is 0. The Labute approximate surface area is 149 Å². The number of aryl methyl sites for hydroxylation is 1. The van der Waals surface area contributed by atoms with Crippen LogP contribution in [0.1, 0.15) is 12.0 Å². The van der Waals surface area contributed by atoms with Gasteiger partial charge in [-0.25, -0.2) is 0 Å². The highest BCUT2D eigenvalue weighted by molar-refractivity contribution is 6.03. The number of halogens is 2. The molecule has 0 radical (unpaired) electrons. The molecular formula is C19H18F2N2O3. The second kappa shape index (κ2) is 7.51. The first kappa shape index (κ1) is 17.8. The Balaban J connectivity index is 1.62. The Morgan fingerprint density at radius 3 is 2.42 bits per heavy atom. The van der Waals surface area contributed by atoms with Crippen molar-refractivity contribution in [1.29, 1.82) is 0 Å². The van der Waals surface area contributed by atoms with Gasteiger partial charge in [-0.15, -0.1) is 0 Å². The van der Waals surface area contributed by atoms with Crippen molar-refractivity contribution < 1.29 is 23.1 Å². The van der Waals surface area contributed by atoms with E-state index in [0.29, 0.717) is 12.2 Å². The molecule has 2 amide bonds. The number of ether oxygens (including phenoxy) is 1. The predicted octanol–water partition coefficient (Wildman–Crippen LogP) is 3.59.